The fraction of sp³-hybridized carbons (Fsp3) is 0.611. The third-order valence-electron chi connectivity index (χ3n) is 5.33. The van der Waals surface area contributed by atoms with Crippen molar-refractivity contribution in [2.75, 3.05) is 19.6 Å². The van der Waals surface area contributed by atoms with E-state index in [0.717, 1.165) is 12.8 Å². The van der Waals surface area contributed by atoms with Crippen molar-refractivity contribution in [3.8, 4) is 0 Å². The molecule has 23 heavy (non-hydrogen) atoms. The Hall–Kier alpha value is -1.62. The van der Waals surface area contributed by atoms with Gasteiger partial charge in [0.2, 0.25) is 0 Å². The Bertz CT molecular complexity index is 576. The van der Waals surface area contributed by atoms with E-state index in [1.165, 1.54) is 6.07 Å². The average Bonchev–Trinajstić information content (AvgIpc) is 3.37. The maximum atomic E-state index is 13.5. The minimum absolute atomic E-state index is 0.0982. The van der Waals surface area contributed by atoms with Crippen LogP contribution in [0, 0.1) is 17.7 Å². The van der Waals surface area contributed by atoms with E-state index >= 15 is 0 Å². The molecule has 2 aliphatic rings. The first-order chi connectivity index (χ1) is 11.0. The molecule has 2 amide bonds. The molecule has 1 aromatic rings. The zero-order chi connectivity index (χ0) is 16.4. The Kier molecular flexibility index (Phi) is 4.57. The minimum Gasteiger partial charge on any atom is -0.389 e. The quantitative estimate of drug-likeness (QED) is 0.896. The lowest BCUT2D eigenvalue weighted by Crippen LogP contribution is -2.55. The van der Waals surface area contributed by atoms with Gasteiger partial charge in [0.05, 0.1) is 5.60 Å². The maximum Gasteiger partial charge on any atom is 0.317 e. The second-order valence-electron chi connectivity index (χ2n) is 6.94. The van der Waals surface area contributed by atoms with E-state index in [2.05, 4.69) is 5.32 Å². The molecule has 1 heterocycles. The molecule has 0 aromatic heterocycles. The van der Waals surface area contributed by atoms with Crippen LogP contribution in [0.15, 0.2) is 24.3 Å². The Morgan fingerprint density at radius 3 is 2.83 bits per heavy atom. The Balaban J connectivity index is 1.47. The molecule has 1 saturated heterocycles. The SMILES string of the molecule is C[C@@H]1CN(C(=O)NCCc2ccccc2F)CC[C@@]1(O)C1CC1. The number of hydrogen-bond acceptors (Lipinski definition) is 2. The van der Waals surface area contributed by atoms with Crippen molar-refractivity contribution in [1.29, 1.82) is 0 Å². The van der Waals surface area contributed by atoms with Gasteiger partial charge in [-0.15, -0.1) is 0 Å². The van der Waals surface area contributed by atoms with Gasteiger partial charge in [-0.25, -0.2) is 9.18 Å². The molecule has 2 N–H and O–H groups in total. The van der Waals surface area contributed by atoms with E-state index in [1.54, 1.807) is 23.1 Å². The molecule has 1 aromatic carbocycles. The van der Waals surface area contributed by atoms with Gasteiger partial charge in [-0.3, -0.25) is 0 Å². The predicted octanol–water partition coefficient (Wildman–Crippen LogP) is 2.56. The van der Waals surface area contributed by atoms with Gasteiger partial charge < -0.3 is 15.3 Å². The molecular weight excluding hydrogens is 295 g/mol. The molecule has 1 saturated carbocycles. The van der Waals surface area contributed by atoms with Crippen molar-refractivity contribution in [2.45, 2.75) is 38.2 Å². The van der Waals surface area contributed by atoms with Gasteiger partial charge in [-0.1, -0.05) is 25.1 Å². The monoisotopic (exact) mass is 320 g/mol. The predicted molar refractivity (Wildman–Crippen MR) is 86.5 cm³/mol. The zero-order valence-electron chi connectivity index (χ0n) is 13.6. The number of carbonyl (C=O) groups is 1. The van der Waals surface area contributed by atoms with E-state index in [0.29, 0.717) is 44.0 Å². The molecule has 3 rings (SSSR count). The molecule has 0 bridgehead atoms. The van der Waals surface area contributed by atoms with Gasteiger partial charge in [0, 0.05) is 25.6 Å². The number of aliphatic hydroxyl groups is 1. The number of hydrogen-bond donors (Lipinski definition) is 2. The van der Waals surface area contributed by atoms with Crippen molar-refractivity contribution < 1.29 is 14.3 Å². The largest absolute Gasteiger partial charge is 0.389 e. The number of urea groups is 1. The van der Waals surface area contributed by atoms with Gasteiger partial charge >= 0.3 is 6.03 Å². The molecule has 1 aliphatic carbocycles. The summed E-state index contributed by atoms with van der Waals surface area (Å²) in [5.74, 6) is 0.285. The van der Waals surface area contributed by atoms with Gasteiger partial charge in [-0.2, -0.15) is 0 Å². The fourth-order valence-corrected chi connectivity index (χ4v) is 3.63. The summed E-state index contributed by atoms with van der Waals surface area (Å²) in [4.78, 5) is 14.0. The second-order valence-corrected chi connectivity index (χ2v) is 6.94. The highest BCUT2D eigenvalue weighted by Gasteiger charge is 2.50. The summed E-state index contributed by atoms with van der Waals surface area (Å²) in [6, 6.07) is 6.51. The van der Waals surface area contributed by atoms with Crippen LogP contribution < -0.4 is 5.32 Å². The highest BCUT2D eigenvalue weighted by molar-refractivity contribution is 5.74. The second kappa shape index (κ2) is 6.48. The van der Waals surface area contributed by atoms with Gasteiger partial charge in [-0.05, 0) is 43.2 Å². The van der Waals surface area contributed by atoms with Crippen LogP contribution in [0.1, 0.15) is 31.7 Å². The summed E-state index contributed by atoms with van der Waals surface area (Å²) in [7, 11) is 0. The van der Waals surface area contributed by atoms with Gasteiger partial charge in [0.15, 0.2) is 0 Å². The third kappa shape index (κ3) is 3.50. The normalized spacial score (nSPS) is 27.8. The van der Waals surface area contributed by atoms with Crippen LogP contribution in [0.25, 0.3) is 0 Å². The van der Waals surface area contributed by atoms with Crippen LogP contribution >= 0.6 is 0 Å². The van der Waals surface area contributed by atoms with Crippen molar-refractivity contribution in [2.24, 2.45) is 11.8 Å². The van der Waals surface area contributed by atoms with Crippen LogP contribution in [0.5, 0.6) is 0 Å². The van der Waals surface area contributed by atoms with Gasteiger partial charge in [0.25, 0.3) is 0 Å². The highest BCUT2D eigenvalue weighted by Crippen LogP contribution is 2.47. The molecule has 5 heteroatoms. The summed E-state index contributed by atoms with van der Waals surface area (Å²) >= 11 is 0. The van der Waals surface area contributed by atoms with E-state index in [9.17, 15) is 14.3 Å². The molecular formula is C18H25FN2O2. The number of nitrogens with zero attached hydrogens (tertiary/aromatic N) is 1. The summed E-state index contributed by atoms with van der Waals surface area (Å²) in [6.07, 6.45) is 3.35. The highest BCUT2D eigenvalue weighted by atomic mass is 19.1. The maximum absolute atomic E-state index is 13.5. The summed E-state index contributed by atoms with van der Waals surface area (Å²) in [6.45, 7) is 3.61. The lowest BCUT2D eigenvalue weighted by Gasteiger charge is -2.43. The van der Waals surface area contributed by atoms with E-state index < -0.39 is 5.60 Å². The zero-order valence-corrected chi connectivity index (χ0v) is 13.6. The molecule has 0 radical (unpaired) electrons. The number of benzene rings is 1. The van der Waals surface area contributed by atoms with E-state index in [4.69, 9.17) is 0 Å². The lowest BCUT2D eigenvalue weighted by atomic mass is 9.78. The molecule has 4 nitrogen and oxygen atoms in total. The van der Waals surface area contributed by atoms with Crippen LogP contribution in [0.4, 0.5) is 9.18 Å². The summed E-state index contributed by atoms with van der Waals surface area (Å²) in [5, 5.41) is 13.6. The number of halogens is 1. The van der Waals surface area contributed by atoms with Crippen molar-refractivity contribution >= 4 is 6.03 Å². The number of piperidine rings is 1. The number of likely N-dealkylation sites (tertiary alicyclic amines) is 1. The average molecular weight is 320 g/mol. The minimum atomic E-state index is -0.593. The number of amides is 2. The number of carbonyl (C=O) groups excluding carboxylic acids is 1. The summed E-state index contributed by atoms with van der Waals surface area (Å²) < 4.78 is 13.5. The molecule has 126 valence electrons. The van der Waals surface area contributed by atoms with Crippen LogP contribution in [0.2, 0.25) is 0 Å². The van der Waals surface area contributed by atoms with Crippen LogP contribution in [0.3, 0.4) is 0 Å². The first-order valence-corrected chi connectivity index (χ1v) is 8.49. The Labute approximate surface area is 136 Å². The number of nitrogens with one attached hydrogen (secondary N) is 1. The first-order valence-electron chi connectivity index (χ1n) is 8.49. The Morgan fingerprint density at radius 2 is 2.17 bits per heavy atom. The standard InChI is InChI=1S/C18H25FN2O2/c1-13-12-21(11-9-18(13,23)15-6-7-15)17(22)20-10-8-14-4-2-3-5-16(14)19/h2-5,13,15,23H,6-12H2,1H3,(H,20,22)/t13-,18+/m1/s1. The molecule has 0 spiro atoms. The molecule has 2 fully saturated rings. The molecule has 0 unspecified atom stereocenters. The van der Waals surface area contributed by atoms with Crippen molar-refractivity contribution in [1.82, 2.24) is 10.2 Å². The van der Waals surface area contributed by atoms with E-state index in [-0.39, 0.29) is 17.8 Å². The Morgan fingerprint density at radius 1 is 1.43 bits per heavy atom. The molecule has 1 aliphatic heterocycles. The lowest BCUT2D eigenvalue weighted by molar-refractivity contribution is -0.0732. The first kappa shape index (κ1) is 16.2. The van der Waals surface area contributed by atoms with Gasteiger partial charge in [0.1, 0.15) is 5.82 Å². The van der Waals surface area contributed by atoms with Crippen LogP contribution in [-0.4, -0.2) is 41.3 Å². The van der Waals surface area contributed by atoms with Crippen molar-refractivity contribution in [3.63, 3.8) is 0 Å². The van der Waals surface area contributed by atoms with E-state index in [1.807, 2.05) is 6.92 Å². The van der Waals surface area contributed by atoms with Crippen LogP contribution in [-0.2, 0) is 6.42 Å². The topological polar surface area (TPSA) is 52.6 Å². The smallest absolute Gasteiger partial charge is 0.317 e. The fourth-order valence-electron chi connectivity index (χ4n) is 3.63. The molecule has 2 atom stereocenters. The summed E-state index contributed by atoms with van der Waals surface area (Å²) in [5.41, 5.74) is 0.0205. The third-order valence-corrected chi connectivity index (χ3v) is 5.33. The van der Waals surface area contributed by atoms with Crippen molar-refractivity contribution in [3.05, 3.63) is 35.6 Å². The number of rotatable bonds is 4.